The molecule has 0 aliphatic carbocycles. The monoisotopic (exact) mass is 448 g/mol. The third-order valence-electron chi connectivity index (χ3n) is 6.11. The van der Waals surface area contributed by atoms with Crippen molar-refractivity contribution < 1.29 is 14.3 Å². The quantitative estimate of drug-likeness (QED) is 0.560. The average Bonchev–Trinajstić information content (AvgIpc) is 3.31. The van der Waals surface area contributed by atoms with Crippen LogP contribution in [0.25, 0.3) is 16.9 Å². The summed E-state index contributed by atoms with van der Waals surface area (Å²) in [7, 11) is 3.22. The predicted octanol–water partition coefficient (Wildman–Crippen LogP) is 4.16. The average molecular weight is 449 g/mol. The van der Waals surface area contributed by atoms with Gasteiger partial charge in [-0.25, -0.2) is 4.68 Å². The Morgan fingerprint density at radius 3 is 2.52 bits per heavy atom. The number of hydrogen-bond donors (Lipinski definition) is 1. The molecule has 0 bridgehead atoms. The van der Waals surface area contributed by atoms with Gasteiger partial charge in [-0.3, -0.25) is 4.79 Å². The number of aromatic nitrogens is 2. The van der Waals surface area contributed by atoms with Crippen molar-refractivity contribution in [3.05, 3.63) is 60.3 Å². The van der Waals surface area contributed by atoms with E-state index in [1.807, 2.05) is 48.5 Å². The Labute approximate surface area is 195 Å². The molecule has 1 aliphatic rings. The predicted molar refractivity (Wildman–Crippen MR) is 129 cm³/mol. The summed E-state index contributed by atoms with van der Waals surface area (Å²) in [5, 5.41) is 8.04. The van der Waals surface area contributed by atoms with Crippen LogP contribution in [-0.4, -0.2) is 60.5 Å². The van der Waals surface area contributed by atoms with Crippen LogP contribution in [0.5, 0.6) is 11.5 Å². The fraction of sp³-hybridized carbons (Fsp3) is 0.385. The lowest BCUT2D eigenvalue weighted by Crippen LogP contribution is -2.44. The van der Waals surface area contributed by atoms with Gasteiger partial charge >= 0.3 is 0 Å². The number of piperidine rings is 1. The fourth-order valence-electron chi connectivity index (χ4n) is 4.33. The summed E-state index contributed by atoms with van der Waals surface area (Å²) in [6.45, 7) is 5.35. The van der Waals surface area contributed by atoms with Crippen molar-refractivity contribution in [2.24, 2.45) is 0 Å². The minimum Gasteiger partial charge on any atom is -0.497 e. The molecule has 0 spiro atoms. The van der Waals surface area contributed by atoms with Crippen LogP contribution < -0.4 is 14.8 Å². The number of para-hydroxylation sites is 1. The molecule has 3 aromatic rings. The van der Waals surface area contributed by atoms with Crippen molar-refractivity contribution in [1.29, 1.82) is 0 Å². The Kier molecular flexibility index (Phi) is 7.29. The molecule has 1 N–H and O–H groups in total. The highest BCUT2D eigenvalue weighted by Gasteiger charge is 2.25. The Hall–Kier alpha value is -3.32. The second-order valence-corrected chi connectivity index (χ2v) is 8.33. The van der Waals surface area contributed by atoms with Gasteiger partial charge in [-0.1, -0.05) is 25.1 Å². The molecular formula is C26H32N4O3. The highest BCUT2D eigenvalue weighted by atomic mass is 16.5. The molecule has 1 aliphatic heterocycles. The molecule has 4 rings (SSSR count). The molecule has 7 heteroatoms. The van der Waals surface area contributed by atoms with Crippen LogP contribution in [0.4, 0.5) is 0 Å². The van der Waals surface area contributed by atoms with E-state index in [9.17, 15) is 4.79 Å². The summed E-state index contributed by atoms with van der Waals surface area (Å²) in [5.74, 6) is 1.18. The SMILES string of the molecule is CCCN1CCC(NC(=O)c2cn(-c3ccccc3)nc2-c2ccc(OC)cc2OC)CC1. The number of ether oxygens (including phenoxy) is 2. The zero-order chi connectivity index (χ0) is 23.2. The molecule has 7 nitrogen and oxygen atoms in total. The number of carbonyl (C=O) groups excluding carboxylic acids is 1. The minimum atomic E-state index is -0.112. The van der Waals surface area contributed by atoms with E-state index in [0.717, 1.165) is 50.1 Å². The Bertz CT molecular complexity index is 1070. The topological polar surface area (TPSA) is 68.6 Å². The number of rotatable bonds is 8. The van der Waals surface area contributed by atoms with Crippen LogP contribution in [0.3, 0.4) is 0 Å². The van der Waals surface area contributed by atoms with Crippen LogP contribution >= 0.6 is 0 Å². The first-order valence-corrected chi connectivity index (χ1v) is 11.5. The van der Waals surface area contributed by atoms with Gasteiger partial charge in [0.2, 0.25) is 0 Å². The van der Waals surface area contributed by atoms with Gasteiger partial charge in [0, 0.05) is 37.0 Å². The number of nitrogens with one attached hydrogen (secondary N) is 1. The van der Waals surface area contributed by atoms with Crippen LogP contribution in [0, 0.1) is 0 Å². The van der Waals surface area contributed by atoms with Gasteiger partial charge in [0.05, 0.1) is 25.5 Å². The summed E-state index contributed by atoms with van der Waals surface area (Å²) in [6.07, 6.45) is 4.87. The molecule has 33 heavy (non-hydrogen) atoms. The molecule has 2 aromatic carbocycles. The number of hydrogen-bond acceptors (Lipinski definition) is 5. The maximum Gasteiger partial charge on any atom is 0.255 e. The fourth-order valence-corrected chi connectivity index (χ4v) is 4.33. The maximum atomic E-state index is 13.4. The molecule has 1 saturated heterocycles. The molecule has 1 amide bonds. The van der Waals surface area contributed by atoms with E-state index in [2.05, 4.69) is 17.1 Å². The van der Waals surface area contributed by atoms with Gasteiger partial charge in [0.15, 0.2) is 0 Å². The van der Waals surface area contributed by atoms with E-state index >= 15 is 0 Å². The van der Waals surface area contributed by atoms with Gasteiger partial charge in [-0.2, -0.15) is 5.10 Å². The first-order chi connectivity index (χ1) is 16.1. The van der Waals surface area contributed by atoms with Crippen molar-refractivity contribution in [3.63, 3.8) is 0 Å². The first kappa shape index (κ1) is 22.9. The summed E-state index contributed by atoms with van der Waals surface area (Å²) in [5.41, 5.74) is 2.74. The van der Waals surface area contributed by atoms with Crippen molar-refractivity contribution in [2.45, 2.75) is 32.2 Å². The van der Waals surface area contributed by atoms with Crippen molar-refractivity contribution in [1.82, 2.24) is 20.0 Å². The van der Waals surface area contributed by atoms with Gasteiger partial charge in [0.25, 0.3) is 5.91 Å². The Balaban J connectivity index is 1.65. The molecule has 0 radical (unpaired) electrons. The number of amides is 1. The zero-order valence-corrected chi connectivity index (χ0v) is 19.6. The molecule has 174 valence electrons. The highest BCUT2D eigenvalue weighted by molar-refractivity contribution is 6.00. The molecule has 0 saturated carbocycles. The third-order valence-corrected chi connectivity index (χ3v) is 6.11. The number of nitrogens with zero attached hydrogens (tertiary/aromatic N) is 3. The lowest BCUT2D eigenvalue weighted by atomic mass is 10.0. The standard InChI is InChI=1S/C26H32N4O3/c1-4-14-29-15-12-19(13-16-29)27-26(31)23-18-30(20-8-6-5-7-9-20)28-25(23)22-11-10-21(32-2)17-24(22)33-3/h5-11,17-19H,4,12-16H2,1-3H3,(H,27,31). The lowest BCUT2D eigenvalue weighted by molar-refractivity contribution is 0.0912. The first-order valence-electron chi connectivity index (χ1n) is 11.5. The molecular weight excluding hydrogens is 416 g/mol. The summed E-state index contributed by atoms with van der Waals surface area (Å²) >= 11 is 0. The van der Waals surface area contributed by atoms with Gasteiger partial charge in [-0.05, 0) is 50.1 Å². The van der Waals surface area contributed by atoms with Crippen molar-refractivity contribution >= 4 is 5.91 Å². The highest BCUT2D eigenvalue weighted by Crippen LogP contribution is 2.35. The Morgan fingerprint density at radius 2 is 1.85 bits per heavy atom. The smallest absolute Gasteiger partial charge is 0.255 e. The zero-order valence-electron chi connectivity index (χ0n) is 19.6. The van der Waals surface area contributed by atoms with Crippen molar-refractivity contribution in [2.75, 3.05) is 33.9 Å². The van der Waals surface area contributed by atoms with Gasteiger partial charge < -0.3 is 19.7 Å². The van der Waals surface area contributed by atoms with E-state index in [4.69, 9.17) is 14.6 Å². The minimum absolute atomic E-state index is 0.112. The number of carbonyl (C=O) groups is 1. The third kappa shape index (κ3) is 5.20. The van der Waals surface area contributed by atoms with E-state index in [-0.39, 0.29) is 11.9 Å². The number of benzene rings is 2. The van der Waals surface area contributed by atoms with Gasteiger partial charge in [-0.15, -0.1) is 0 Å². The van der Waals surface area contributed by atoms with E-state index in [1.165, 1.54) is 0 Å². The summed E-state index contributed by atoms with van der Waals surface area (Å²) < 4.78 is 12.7. The van der Waals surface area contributed by atoms with Crippen LogP contribution in [-0.2, 0) is 0 Å². The van der Waals surface area contributed by atoms with E-state index in [0.29, 0.717) is 22.8 Å². The van der Waals surface area contributed by atoms with Crippen molar-refractivity contribution in [3.8, 4) is 28.4 Å². The van der Waals surface area contributed by atoms with Crippen LogP contribution in [0.15, 0.2) is 54.7 Å². The molecule has 0 atom stereocenters. The second-order valence-electron chi connectivity index (χ2n) is 8.33. The lowest BCUT2D eigenvalue weighted by Gasteiger charge is -2.32. The van der Waals surface area contributed by atoms with Gasteiger partial charge in [0.1, 0.15) is 17.2 Å². The maximum absolute atomic E-state index is 13.4. The van der Waals surface area contributed by atoms with E-state index < -0.39 is 0 Å². The molecule has 2 heterocycles. The number of likely N-dealkylation sites (tertiary alicyclic amines) is 1. The van der Waals surface area contributed by atoms with Crippen LogP contribution in [0.2, 0.25) is 0 Å². The summed E-state index contributed by atoms with van der Waals surface area (Å²) in [6, 6.07) is 15.5. The molecule has 1 fully saturated rings. The second kappa shape index (κ2) is 10.5. The van der Waals surface area contributed by atoms with Crippen LogP contribution in [0.1, 0.15) is 36.5 Å². The van der Waals surface area contributed by atoms with E-state index in [1.54, 1.807) is 25.1 Å². The molecule has 1 aromatic heterocycles. The molecule has 0 unspecified atom stereocenters. The normalized spacial score (nSPS) is 14.8. The summed E-state index contributed by atoms with van der Waals surface area (Å²) in [4.78, 5) is 15.9. The number of methoxy groups -OCH3 is 2. The largest absolute Gasteiger partial charge is 0.497 e. The Morgan fingerprint density at radius 1 is 1.09 bits per heavy atom.